The zero-order chi connectivity index (χ0) is 29.5. The summed E-state index contributed by atoms with van der Waals surface area (Å²) in [6.45, 7) is 7.53. The van der Waals surface area contributed by atoms with Gasteiger partial charge < -0.3 is 9.72 Å². The molecule has 0 saturated heterocycles. The minimum Gasteiger partial charge on any atom is -0.459 e. The summed E-state index contributed by atoms with van der Waals surface area (Å²) < 4.78 is 7.84. The van der Waals surface area contributed by atoms with Crippen LogP contribution in [0.2, 0.25) is 0 Å². The number of hydrogen-bond acceptors (Lipinski definition) is 6. The number of para-hydroxylation sites is 1. The molecule has 3 aromatic carbocycles. The molecule has 2 aromatic heterocycles. The van der Waals surface area contributed by atoms with E-state index in [-0.39, 0.29) is 11.7 Å². The van der Waals surface area contributed by atoms with Crippen LogP contribution < -0.4 is 14.9 Å². The van der Waals surface area contributed by atoms with Crippen LogP contribution in [-0.4, -0.2) is 27.9 Å². The molecule has 0 aliphatic carbocycles. The van der Waals surface area contributed by atoms with Crippen molar-refractivity contribution in [3.05, 3.63) is 120 Å². The number of thioether (sulfide) groups is 1. The normalized spacial score (nSPS) is 15.3. The summed E-state index contributed by atoms with van der Waals surface area (Å²) in [7, 11) is 0. The van der Waals surface area contributed by atoms with Gasteiger partial charge in [-0.15, -0.1) is 11.8 Å². The van der Waals surface area contributed by atoms with Crippen molar-refractivity contribution in [3.8, 4) is 11.3 Å². The molecule has 6 rings (SSSR count). The number of carbonyl (C=O) groups excluding carboxylic acids is 1. The van der Waals surface area contributed by atoms with Crippen LogP contribution in [0.3, 0.4) is 0 Å². The summed E-state index contributed by atoms with van der Waals surface area (Å²) in [4.78, 5) is 37.7. The van der Waals surface area contributed by atoms with E-state index in [0.717, 1.165) is 43.7 Å². The van der Waals surface area contributed by atoms with E-state index >= 15 is 0 Å². The van der Waals surface area contributed by atoms with Gasteiger partial charge in [0.15, 0.2) is 4.80 Å². The van der Waals surface area contributed by atoms with Crippen LogP contribution in [0.15, 0.2) is 98.7 Å². The number of carbonyl (C=O) groups is 1. The Kier molecular flexibility index (Phi) is 7.51. The van der Waals surface area contributed by atoms with E-state index in [1.165, 1.54) is 11.3 Å². The molecule has 0 radical (unpaired) electrons. The summed E-state index contributed by atoms with van der Waals surface area (Å²) in [5, 5.41) is 1.04. The van der Waals surface area contributed by atoms with E-state index in [0.29, 0.717) is 20.6 Å². The lowest BCUT2D eigenvalue weighted by Crippen LogP contribution is -2.40. The van der Waals surface area contributed by atoms with Gasteiger partial charge in [-0.05, 0) is 68.8 Å². The molecule has 0 bridgehead atoms. The minimum atomic E-state index is -0.649. The van der Waals surface area contributed by atoms with E-state index in [4.69, 9.17) is 9.73 Å². The van der Waals surface area contributed by atoms with Gasteiger partial charge in [-0.2, -0.15) is 0 Å². The fraction of sp³-hybridized carbons (Fsp3) is 0.206. The average Bonchev–Trinajstić information content (AvgIpc) is 3.50. The zero-order valence-electron chi connectivity index (χ0n) is 24.1. The van der Waals surface area contributed by atoms with Gasteiger partial charge in [0.25, 0.3) is 5.56 Å². The number of allylic oxidation sites excluding steroid dienone is 1. The summed E-state index contributed by atoms with van der Waals surface area (Å²) in [5.74, 6) is -0.460. The number of aryl methyl sites for hydroxylation is 1. The highest BCUT2D eigenvalue weighted by Crippen LogP contribution is 2.34. The molecular formula is C34H31N3O3S2. The fourth-order valence-electron chi connectivity index (χ4n) is 5.46. The molecule has 8 heteroatoms. The standard InChI is InChI=1S/C34H31N3O3S2/c1-19(2)40-33(39)28-21(4)35-34-37(31(28)23-14-16-24(41-5)17-15-23)32(38)27(42-34)18-26-25-13-9-10-20(3)29(25)36-30(26)22-11-7-6-8-12-22/h6-19,31,36H,1-5H3/b27-18-/t31-/m0/s1. The van der Waals surface area contributed by atoms with Gasteiger partial charge in [0.2, 0.25) is 0 Å². The number of ether oxygens (including phenoxy) is 1. The molecule has 1 N–H and O–H groups in total. The number of thiazole rings is 1. The highest BCUT2D eigenvalue weighted by atomic mass is 32.2. The molecule has 212 valence electrons. The maximum absolute atomic E-state index is 14.3. The number of nitrogens with one attached hydrogen (secondary N) is 1. The summed E-state index contributed by atoms with van der Waals surface area (Å²) in [6.07, 6.45) is 3.68. The van der Waals surface area contributed by atoms with E-state index in [9.17, 15) is 9.59 Å². The fourth-order valence-corrected chi connectivity index (χ4v) is 6.90. The van der Waals surface area contributed by atoms with Crippen LogP contribution >= 0.6 is 23.1 Å². The molecule has 6 nitrogen and oxygen atoms in total. The predicted octanol–water partition coefficient (Wildman–Crippen LogP) is 6.37. The number of nitrogens with zero attached hydrogens (tertiary/aromatic N) is 2. The molecule has 0 fully saturated rings. The molecule has 1 atom stereocenters. The maximum Gasteiger partial charge on any atom is 0.338 e. The molecule has 1 aliphatic heterocycles. The van der Waals surface area contributed by atoms with Crippen molar-refractivity contribution in [1.29, 1.82) is 0 Å². The first-order chi connectivity index (χ1) is 20.3. The van der Waals surface area contributed by atoms with Gasteiger partial charge in [-0.1, -0.05) is 72.0 Å². The minimum absolute atomic E-state index is 0.193. The number of hydrogen-bond donors (Lipinski definition) is 1. The predicted molar refractivity (Wildman–Crippen MR) is 172 cm³/mol. The second-order valence-corrected chi connectivity index (χ2v) is 12.5. The van der Waals surface area contributed by atoms with E-state index in [1.54, 1.807) is 16.3 Å². The van der Waals surface area contributed by atoms with Crippen molar-refractivity contribution in [2.75, 3.05) is 6.26 Å². The number of aromatic amines is 1. The van der Waals surface area contributed by atoms with Gasteiger partial charge in [-0.25, -0.2) is 9.79 Å². The Morgan fingerprint density at radius 3 is 2.48 bits per heavy atom. The second-order valence-electron chi connectivity index (χ2n) is 10.6. The van der Waals surface area contributed by atoms with Gasteiger partial charge in [-0.3, -0.25) is 9.36 Å². The number of fused-ring (bicyclic) bond motifs is 2. The lowest BCUT2D eigenvalue weighted by atomic mass is 9.96. The van der Waals surface area contributed by atoms with Crippen molar-refractivity contribution in [3.63, 3.8) is 0 Å². The lowest BCUT2D eigenvalue weighted by molar-refractivity contribution is -0.143. The van der Waals surface area contributed by atoms with Crippen LogP contribution in [0.4, 0.5) is 0 Å². The number of benzene rings is 3. The monoisotopic (exact) mass is 593 g/mol. The first-order valence-electron chi connectivity index (χ1n) is 13.8. The Morgan fingerprint density at radius 1 is 1.05 bits per heavy atom. The zero-order valence-corrected chi connectivity index (χ0v) is 25.7. The van der Waals surface area contributed by atoms with Crippen molar-refractivity contribution in [1.82, 2.24) is 9.55 Å². The summed E-state index contributed by atoms with van der Waals surface area (Å²) >= 11 is 2.98. The Morgan fingerprint density at radius 2 is 1.79 bits per heavy atom. The quantitative estimate of drug-likeness (QED) is 0.184. The third kappa shape index (κ3) is 4.95. The third-order valence-corrected chi connectivity index (χ3v) is 9.16. The summed E-state index contributed by atoms with van der Waals surface area (Å²) in [5.41, 5.74) is 6.67. The first-order valence-corrected chi connectivity index (χ1v) is 15.8. The van der Waals surface area contributed by atoms with E-state index in [1.807, 2.05) is 81.6 Å². The number of rotatable bonds is 6. The molecule has 3 heterocycles. The van der Waals surface area contributed by atoms with Gasteiger partial charge in [0.05, 0.1) is 33.6 Å². The third-order valence-electron chi connectivity index (χ3n) is 7.44. The van der Waals surface area contributed by atoms with Crippen molar-refractivity contribution in [2.45, 2.75) is 44.7 Å². The lowest BCUT2D eigenvalue weighted by Gasteiger charge is -2.25. The molecule has 1 aliphatic rings. The Bertz CT molecular complexity index is 2030. The number of esters is 1. The van der Waals surface area contributed by atoms with Crippen LogP contribution in [0.25, 0.3) is 28.2 Å². The maximum atomic E-state index is 14.3. The number of H-pyrrole nitrogens is 1. The molecule has 42 heavy (non-hydrogen) atoms. The van der Waals surface area contributed by atoms with Crippen LogP contribution in [0, 0.1) is 6.92 Å². The van der Waals surface area contributed by atoms with Crippen LogP contribution in [-0.2, 0) is 9.53 Å². The van der Waals surface area contributed by atoms with Crippen molar-refractivity contribution >= 4 is 46.0 Å². The van der Waals surface area contributed by atoms with Crippen molar-refractivity contribution in [2.24, 2.45) is 4.99 Å². The molecule has 0 amide bonds. The van der Waals surface area contributed by atoms with Crippen LogP contribution in [0.1, 0.15) is 43.5 Å². The Labute approximate surface area is 252 Å². The van der Waals surface area contributed by atoms with Gasteiger partial charge in [0.1, 0.15) is 0 Å². The molecule has 0 saturated carbocycles. The van der Waals surface area contributed by atoms with Gasteiger partial charge >= 0.3 is 5.97 Å². The van der Waals surface area contributed by atoms with Crippen LogP contribution in [0.5, 0.6) is 0 Å². The molecule has 5 aromatic rings. The Hall–Kier alpha value is -4.14. The van der Waals surface area contributed by atoms with E-state index < -0.39 is 12.0 Å². The van der Waals surface area contributed by atoms with Gasteiger partial charge in [0, 0.05) is 21.4 Å². The first kappa shape index (κ1) is 28.0. The molecule has 0 spiro atoms. The molecule has 0 unspecified atom stereocenters. The molecular weight excluding hydrogens is 563 g/mol. The Balaban J connectivity index is 1.60. The topological polar surface area (TPSA) is 76.4 Å². The largest absolute Gasteiger partial charge is 0.459 e. The van der Waals surface area contributed by atoms with E-state index in [2.05, 4.69) is 36.2 Å². The van der Waals surface area contributed by atoms with Crippen molar-refractivity contribution < 1.29 is 9.53 Å². The SMILES string of the molecule is CSc1ccc([C@H]2C(C(=O)OC(C)C)=C(C)N=c3s/c(=C\c4c(-c5ccccc5)[nH]c5c(C)cccc45)c(=O)n32)cc1. The average molecular weight is 594 g/mol. The summed E-state index contributed by atoms with van der Waals surface area (Å²) in [6, 6.07) is 23.7. The smallest absolute Gasteiger partial charge is 0.338 e. The highest BCUT2D eigenvalue weighted by molar-refractivity contribution is 7.98. The number of aromatic nitrogens is 2. The second kappa shape index (κ2) is 11.3. The highest BCUT2D eigenvalue weighted by Gasteiger charge is 2.34.